The van der Waals surface area contributed by atoms with Gasteiger partial charge < -0.3 is 19.7 Å². The molecule has 122 valence electrons. The monoisotopic (exact) mass is 324 g/mol. The first-order valence-electron chi connectivity index (χ1n) is 7.70. The van der Waals surface area contributed by atoms with Gasteiger partial charge in [0, 0.05) is 0 Å². The lowest BCUT2D eigenvalue weighted by Gasteiger charge is -2.07. The minimum absolute atomic E-state index is 0.137. The number of benzene rings is 2. The van der Waals surface area contributed by atoms with Gasteiger partial charge in [0.1, 0.15) is 36.8 Å². The summed E-state index contributed by atoms with van der Waals surface area (Å²) in [6, 6.07) is 13.5. The van der Waals surface area contributed by atoms with E-state index in [9.17, 15) is 10.2 Å². The second kappa shape index (κ2) is 5.88. The van der Waals surface area contributed by atoms with Crippen molar-refractivity contribution < 1.29 is 19.7 Å². The molecule has 0 unspecified atom stereocenters. The molecule has 4 rings (SSSR count). The van der Waals surface area contributed by atoms with Crippen LogP contribution in [0.15, 0.2) is 58.5 Å². The first-order chi connectivity index (χ1) is 11.7. The van der Waals surface area contributed by atoms with Crippen LogP contribution in [-0.4, -0.2) is 47.3 Å². The lowest BCUT2D eigenvalue weighted by molar-refractivity contribution is 0.263. The van der Waals surface area contributed by atoms with Gasteiger partial charge in [-0.05, 0) is 24.3 Å². The summed E-state index contributed by atoms with van der Waals surface area (Å²) in [7, 11) is 0. The Morgan fingerprint density at radius 3 is 1.54 bits per heavy atom. The molecule has 0 saturated heterocycles. The van der Waals surface area contributed by atoms with Crippen LogP contribution in [0.5, 0.6) is 11.5 Å². The highest BCUT2D eigenvalue weighted by Gasteiger charge is 2.33. The number of aromatic hydroxyl groups is 2. The second-order valence-electron chi connectivity index (χ2n) is 5.66. The maximum atomic E-state index is 9.90. The maximum absolute atomic E-state index is 9.90. The minimum atomic E-state index is -0.178. The third-order valence-corrected chi connectivity index (χ3v) is 4.06. The van der Waals surface area contributed by atoms with Crippen LogP contribution in [0.3, 0.4) is 0 Å². The second-order valence-corrected chi connectivity index (χ2v) is 5.66. The summed E-state index contributed by atoms with van der Waals surface area (Å²) in [6.45, 7) is 0.768. The first kappa shape index (κ1) is 14.6. The predicted molar refractivity (Wildman–Crippen MR) is 88.8 cm³/mol. The fourth-order valence-corrected chi connectivity index (χ4v) is 2.78. The number of phenolic OH excluding ortho intramolecular Hbond substituents is 2. The maximum Gasteiger partial charge on any atom is 0.220 e. The minimum Gasteiger partial charge on any atom is -0.507 e. The van der Waals surface area contributed by atoms with E-state index in [1.54, 1.807) is 36.4 Å². The van der Waals surface area contributed by atoms with Gasteiger partial charge in [-0.3, -0.25) is 0 Å². The molecule has 2 atom stereocenters. The number of para-hydroxylation sites is 2. The van der Waals surface area contributed by atoms with Crippen LogP contribution in [0, 0.1) is 0 Å². The average molecular weight is 324 g/mol. The smallest absolute Gasteiger partial charge is 0.220 e. The molecule has 0 aromatic heterocycles. The Balaban J connectivity index is 1.56. The summed E-state index contributed by atoms with van der Waals surface area (Å²) < 4.78 is 11.3. The molecule has 0 bridgehead atoms. The summed E-state index contributed by atoms with van der Waals surface area (Å²) >= 11 is 0. The van der Waals surface area contributed by atoms with Gasteiger partial charge in [-0.1, -0.05) is 24.3 Å². The summed E-state index contributed by atoms with van der Waals surface area (Å²) in [6.07, 6.45) is 0. The number of hydrogen-bond acceptors (Lipinski definition) is 6. The molecule has 0 fully saturated rings. The van der Waals surface area contributed by atoms with Crippen molar-refractivity contribution in [3.8, 4) is 11.5 Å². The molecule has 0 radical (unpaired) electrons. The Hall–Kier alpha value is -3.02. The van der Waals surface area contributed by atoms with E-state index in [1.165, 1.54) is 0 Å². The fourth-order valence-electron chi connectivity index (χ4n) is 2.78. The zero-order valence-corrected chi connectivity index (χ0v) is 12.8. The van der Waals surface area contributed by atoms with Gasteiger partial charge in [-0.2, -0.15) is 0 Å². The van der Waals surface area contributed by atoms with Gasteiger partial charge in [-0.15, -0.1) is 0 Å². The van der Waals surface area contributed by atoms with Gasteiger partial charge in [0.25, 0.3) is 0 Å². The van der Waals surface area contributed by atoms with E-state index < -0.39 is 0 Å². The molecule has 0 aliphatic carbocycles. The van der Waals surface area contributed by atoms with Crippen molar-refractivity contribution in [2.75, 3.05) is 13.2 Å². The van der Waals surface area contributed by atoms with Gasteiger partial charge >= 0.3 is 0 Å². The molecule has 0 amide bonds. The Morgan fingerprint density at radius 1 is 0.708 bits per heavy atom. The van der Waals surface area contributed by atoms with Crippen molar-refractivity contribution >= 4 is 11.8 Å². The van der Waals surface area contributed by atoms with Crippen molar-refractivity contribution in [3.05, 3.63) is 59.7 Å². The van der Waals surface area contributed by atoms with Crippen molar-refractivity contribution in [3.63, 3.8) is 0 Å². The molecule has 0 spiro atoms. The Kier molecular flexibility index (Phi) is 3.57. The number of hydrogen-bond donors (Lipinski definition) is 2. The molecule has 2 aromatic rings. The largest absolute Gasteiger partial charge is 0.507 e. The SMILES string of the molecule is Oc1ccccc1C1=N[C@@H]([C@H]2COC(c3ccccc3O)=N2)CO1. The van der Waals surface area contributed by atoms with E-state index in [0.717, 1.165) is 0 Å². The van der Waals surface area contributed by atoms with E-state index in [-0.39, 0.29) is 23.6 Å². The van der Waals surface area contributed by atoms with Gasteiger partial charge in [-0.25, -0.2) is 9.98 Å². The summed E-state index contributed by atoms with van der Waals surface area (Å²) in [5.41, 5.74) is 1.15. The molecule has 2 aliphatic rings. The standard InChI is InChI=1S/C18H16N2O4/c21-15-7-3-1-5-11(15)17-19-13(9-23-17)14-10-24-18(20-14)12-6-2-4-8-16(12)22/h1-8,13-14,21-22H,9-10H2/t13-,14-/m1/s1. The fraction of sp³-hybridized carbons (Fsp3) is 0.222. The van der Waals surface area contributed by atoms with Gasteiger partial charge in [0.05, 0.1) is 11.1 Å². The van der Waals surface area contributed by atoms with E-state index in [4.69, 9.17) is 9.47 Å². The molecular weight excluding hydrogens is 308 g/mol. The molecule has 2 heterocycles. The number of ether oxygens (including phenoxy) is 2. The topological polar surface area (TPSA) is 83.6 Å². The van der Waals surface area contributed by atoms with Crippen LogP contribution >= 0.6 is 0 Å². The zero-order chi connectivity index (χ0) is 16.5. The average Bonchev–Trinajstić information content (AvgIpc) is 3.25. The molecule has 24 heavy (non-hydrogen) atoms. The molecular formula is C18H16N2O4. The number of nitrogens with zero attached hydrogens (tertiary/aromatic N) is 2. The first-order valence-corrected chi connectivity index (χ1v) is 7.70. The number of rotatable bonds is 3. The third kappa shape index (κ3) is 2.56. The summed E-state index contributed by atoms with van der Waals surface area (Å²) in [4.78, 5) is 9.07. The van der Waals surface area contributed by atoms with Crippen LogP contribution in [0.4, 0.5) is 0 Å². The van der Waals surface area contributed by atoms with Crippen molar-refractivity contribution in [1.29, 1.82) is 0 Å². The lowest BCUT2D eigenvalue weighted by atomic mass is 10.1. The van der Waals surface area contributed by atoms with Crippen molar-refractivity contribution in [1.82, 2.24) is 0 Å². The van der Waals surface area contributed by atoms with Crippen LogP contribution in [-0.2, 0) is 9.47 Å². The van der Waals surface area contributed by atoms with E-state index in [1.807, 2.05) is 12.1 Å². The summed E-state index contributed by atoms with van der Waals surface area (Å²) in [5.74, 6) is 1.12. The van der Waals surface area contributed by atoms with Crippen molar-refractivity contribution in [2.24, 2.45) is 9.98 Å². The highest BCUT2D eigenvalue weighted by Crippen LogP contribution is 2.26. The molecule has 2 aromatic carbocycles. The predicted octanol–water partition coefficient (Wildman–Crippen LogP) is 2.09. The molecule has 2 N–H and O–H groups in total. The van der Waals surface area contributed by atoms with E-state index >= 15 is 0 Å². The lowest BCUT2D eigenvalue weighted by Crippen LogP contribution is -2.25. The van der Waals surface area contributed by atoms with Crippen molar-refractivity contribution in [2.45, 2.75) is 12.1 Å². The molecule has 6 nitrogen and oxygen atoms in total. The number of phenols is 2. The third-order valence-electron chi connectivity index (χ3n) is 4.06. The zero-order valence-electron chi connectivity index (χ0n) is 12.8. The Labute approximate surface area is 138 Å². The van der Waals surface area contributed by atoms with Crippen LogP contribution < -0.4 is 0 Å². The highest BCUT2D eigenvalue weighted by molar-refractivity contribution is 5.99. The van der Waals surface area contributed by atoms with E-state index in [0.29, 0.717) is 36.1 Å². The molecule has 2 aliphatic heterocycles. The highest BCUT2D eigenvalue weighted by atomic mass is 16.5. The summed E-state index contributed by atoms with van der Waals surface area (Å²) in [5, 5.41) is 19.8. The molecule has 0 saturated carbocycles. The van der Waals surface area contributed by atoms with Crippen LogP contribution in [0.2, 0.25) is 0 Å². The quantitative estimate of drug-likeness (QED) is 0.905. The van der Waals surface area contributed by atoms with Crippen LogP contribution in [0.25, 0.3) is 0 Å². The van der Waals surface area contributed by atoms with E-state index in [2.05, 4.69) is 9.98 Å². The Bertz CT molecular complexity index is 762. The Morgan fingerprint density at radius 2 is 1.12 bits per heavy atom. The normalized spacial score (nSPS) is 22.5. The van der Waals surface area contributed by atoms with Gasteiger partial charge in [0.15, 0.2) is 0 Å². The number of aliphatic imine (C=N–C) groups is 2. The van der Waals surface area contributed by atoms with Crippen LogP contribution in [0.1, 0.15) is 11.1 Å². The van der Waals surface area contributed by atoms with Gasteiger partial charge in [0.2, 0.25) is 11.8 Å². The molecule has 6 heteroatoms.